The Morgan fingerprint density at radius 2 is 2.15 bits per heavy atom. The molecule has 0 bridgehead atoms. The number of nitrogens with one attached hydrogen (secondary N) is 1. The van der Waals surface area contributed by atoms with Gasteiger partial charge in [0.1, 0.15) is 0 Å². The maximum atomic E-state index is 12.9. The van der Waals surface area contributed by atoms with E-state index in [0.29, 0.717) is 24.6 Å². The first-order chi connectivity index (χ1) is 12.7. The number of benzene rings is 2. The molecule has 0 saturated carbocycles. The quantitative estimate of drug-likeness (QED) is 0.543. The molecule has 0 unspecified atom stereocenters. The van der Waals surface area contributed by atoms with Gasteiger partial charge in [-0.1, -0.05) is 0 Å². The zero-order valence-electron chi connectivity index (χ0n) is 15.8. The van der Waals surface area contributed by atoms with Crippen LogP contribution in [0.15, 0.2) is 28.7 Å². The van der Waals surface area contributed by atoms with E-state index in [-0.39, 0.29) is 6.10 Å². The third kappa shape index (κ3) is 4.50. The van der Waals surface area contributed by atoms with Crippen LogP contribution in [0.3, 0.4) is 0 Å². The number of nitrogens with zero attached hydrogens (tertiary/aromatic N) is 1. The molecule has 142 valence electrons. The molecular weight excluding hydrogens is 411 g/mol. The van der Waals surface area contributed by atoms with Gasteiger partial charge in [0.25, 0.3) is 0 Å². The van der Waals surface area contributed by atoms with Gasteiger partial charge in [-0.2, -0.15) is 0 Å². The maximum absolute atomic E-state index is 12.9. The van der Waals surface area contributed by atoms with Crippen LogP contribution in [0.4, 0.5) is 10.5 Å². The van der Waals surface area contributed by atoms with Gasteiger partial charge in [-0.25, -0.2) is 0 Å². The summed E-state index contributed by atoms with van der Waals surface area (Å²) >= 11 is 3.67. The van der Waals surface area contributed by atoms with Crippen LogP contribution in [0.1, 0.15) is 26.3 Å². The fourth-order valence-corrected chi connectivity index (χ4v) is 3.74. The number of fused-ring (bicyclic) bond motifs is 1. The van der Waals surface area contributed by atoms with Crippen LogP contribution in [-0.2, 0) is 9.47 Å². The molecule has 6 nitrogen and oxygen atoms in total. The van der Waals surface area contributed by atoms with Gasteiger partial charge in [0, 0.05) is 0 Å². The van der Waals surface area contributed by atoms with Crippen LogP contribution < -0.4 is 9.55 Å². The number of anilines is 1. The summed E-state index contributed by atoms with van der Waals surface area (Å²) in [5.74, 6) is 0.507. The van der Waals surface area contributed by atoms with Crippen molar-refractivity contribution in [3.63, 3.8) is 0 Å². The van der Waals surface area contributed by atoms with Crippen LogP contribution in [0.2, 0.25) is 0 Å². The van der Waals surface area contributed by atoms with Crippen molar-refractivity contribution in [2.75, 3.05) is 18.1 Å². The zero-order valence-corrected chi connectivity index (χ0v) is 17.4. The Hall–Kier alpha value is -1.93. The summed E-state index contributed by atoms with van der Waals surface area (Å²) in [6.45, 7) is 8.49. The molecule has 27 heavy (non-hydrogen) atoms. The van der Waals surface area contributed by atoms with E-state index in [2.05, 4.69) is 15.9 Å². The summed E-state index contributed by atoms with van der Waals surface area (Å²) in [7, 11) is 0.886. The number of halogens is 1. The molecule has 1 saturated heterocycles. The average Bonchev–Trinajstić information content (AvgIpc) is 3.38. The molecule has 0 spiro atoms. The summed E-state index contributed by atoms with van der Waals surface area (Å²) in [5, 5.41) is 9.13. The molecule has 0 radical (unpaired) electrons. The predicted octanol–water partition coefficient (Wildman–Crippen LogP) is 4.81. The van der Waals surface area contributed by atoms with Crippen molar-refractivity contribution in [1.29, 1.82) is 5.31 Å². The second-order valence-electron chi connectivity index (χ2n) is 7.49. The standard InChI is InChI=1S/C19H22BBrN2O4/c1-11-6-5-7-13-15(27-20-22)8-14(17(21)16(11)13)23(9-12-10-25-12)18(24)26-19(2,3)4/h5-8,12,22H,9-10H2,1-4H3/t12-/m1/s1. The molecule has 3 rings (SSSR count). The second kappa shape index (κ2) is 7.60. The fraction of sp³-hybridized carbons (Fsp3) is 0.421. The molecular formula is C19H22BBrN2O4. The molecule has 1 aliphatic heterocycles. The summed E-state index contributed by atoms with van der Waals surface area (Å²) in [6, 6.07) is 7.61. The molecule has 8 heteroatoms. The Bertz CT molecular complexity index is 893. The van der Waals surface area contributed by atoms with Gasteiger partial charge >= 0.3 is 167 Å². The number of carbonyl (C=O) groups excluding carboxylic acids is 1. The van der Waals surface area contributed by atoms with Crippen LogP contribution in [0, 0.1) is 12.2 Å². The predicted molar refractivity (Wildman–Crippen MR) is 109 cm³/mol. The van der Waals surface area contributed by atoms with Gasteiger partial charge in [0.15, 0.2) is 0 Å². The first kappa shape index (κ1) is 19.8. The number of rotatable bonds is 5. The Morgan fingerprint density at radius 3 is 2.74 bits per heavy atom. The van der Waals surface area contributed by atoms with Gasteiger partial charge in [-0.15, -0.1) is 0 Å². The van der Waals surface area contributed by atoms with E-state index in [1.165, 1.54) is 0 Å². The number of amides is 1. The van der Waals surface area contributed by atoms with E-state index in [1.807, 2.05) is 45.9 Å². The number of aryl methyl sites for hydroxylation is 1. The Morgan fingerprint density at radius 1 is 1.44 bits per heavy atom. The van der Waals surface area contributed by atoms with Crippen LogP contribution in [0.5, 0.6) is 5.75 Å². The van der Waals surface area contributed by atoms with Crippen molar-refractivity contribution in [2.24, 2.45) is 0 Å². The Balaban J connectivity index is 2.15. The summed E-state index contributed by atoms with van der Waals surface area (Å²) in [5.41, 5.74) is 1.04. The number of epoxide rings is 1. The van der Waals surface area contributed by atoms with Gasteiger partial charge in [0.05, 0.1) is 0 Å². The molecule has 2 aromatic carbocycles. The van der Waals surface area contributed by atoms with Gasteiger partial charge in [0.2, 0.25) is 0 Å². The molecule has 1 fully saturated rings. The van der Waals surface area contributed by atoms with E-state index < -0.39 is 11.7 Å². The molecule has 2 aromatic rings. The van der Waals surface area contributed by atoms with Crippen molar-refractivity contribution in [1.82, 2.24) is 0 Å². The summed E-state index contributed by atoms with van der Waals surface area (Å²) in [6.07, 6.45) is -0.462. The third-order valence-corrected chi connectivity index (χ3v) is 4.93. The first-order valence-corrected chi connectivity index (χ1v) is 9.50. The molecule has 1 aliphatic rings. The van der Waals surface area contributed by atoms with Crippen molar-refractivity contribution in [3.8, 4) is 5.75 Å². The van der Waals surface area contributed by atoms with E-state index in [9.17, 15) is 4.79 Å². The molecule has 1 N–H and O–H groups in total. The third-order valence-electron chi connectivity index (χ3n) is 4.13. The van der Waals surface area contributed by atoms with Crippen LogP contribution in [0.25, 0.3) is 10.8 Å². The second-order valence-corrected chi connectivity index (χ2v) is 8.28. The normalized spacial score (nSPS) is 16.0. The molecule has 1 atom stereocenters. The first-order valence-electron chi connectivity index (χ1n) is 8.71. The number of ether oxygens (including phenoxy) is 2. The Kier molecular flexibility index (Phi) is 5.58. The summed E-state index contributed by atoms with van der Waals surface area (Å²) < 4.78 is 17.2. The number of hydrogen-bond acceptors (Lipinski definition) is 5. The van der Waals surface area contributed by atoms with E-state index >= 15 is 0 Å². The summed E-state index contributed by atoms with van der Waals surface area (Å²) in [4.78, 5) is 14.5. The molecule has 0 aromatic heterocycles. The van der Waals surface area contributed by atoms with E-state index in [4.69, 9.17) is 19.4 Å². The topological polar surface area (TPSA) is 75.2 Å². The van der Waals surface area contributed by atoms with Gasteiger partial charge in [-0.05, 0) is 0 Å². The van der Waals surface area contributed by atoms with Crippen molar-refractivity contribution in [2.45, 2.75) is 39.4 Å². The van der Waals surface area contributed by atoms with E-state index in [1.54, 1.807) is 11.0 Å². The van der Waals surface area contributed by atoms with Crippen LogP contribution in [-0.4, -0.2) is 38.2 Å². The van der Waals surface area contributed by atoms with Gasteiger partial charge < -0.3 is 0 Å². The van der Waals surface area contributed by atoms with Crippen LogP contribution >= 0.6 is 15.9 Å². The minimum atomic E-state index is -0.618. The van der Waals surface area contributed by atoms with Crippen molar-refractivity contribution in [3.05, 3.63) is 34.3 Å². The molecule has 0 aliphatic carbocycles. The van der Waals surface area contributed by atoms with Crippen molar-refractivity contribution >= 4 is 45.8 Å². The zero-order chi connectivity index (χ0) is 19.8. The SMILES string of the molecule is Cc1cccc2c(OB=N)cc(N(C[C@@H]3CO3)C(=O)OC(C)(C)C)c(Br)c12. The fourth-order valence-electron chi connectivity index (χ4n) is 2.88. The average molecular weight is 433 g/mol. The minimum absolute atomic E-state index is 0.0101. The Labute approximate surface area is 167 Å². The number of carbonyl (C=O) groups is 1. The monoisotopic (exact) mass is 432 g/mol. The molecule has 1 amide bonds. The van der Waals surface area contributed by atoms with Gasteiger partial charge in [-0.3, -0.25) is 0 Å². The van der Waals surface area contributed by atoms with Crippen molar-refractivity contribution < 1.29 is 18.9 Å². The number of hydrogen-bond donors (Lipinski definition) is 1. The van der Waals surface area contributed by atoms with E-state index in [0.717, 1.165) is 28.1 Å². The molecule has 1 heterocycles.